The normalized spacial score (nSPS) is 12.1. The number of anilines is 3. The molecule has 0 fully saturated rings. The van der Waals surface area contributed by atoms with Gasteiger partial charge >= 0.3 is 0 Å². The molecule has 0 atom stereocenters. The van der Waals surface area contributed by atoms with Gasteiger partial charge in [-0.15, -0.1) is 22.7 Å². The van der Waals surface area contributed by atoms with Crippen LogP contribution in [0.5, 0.6) is 0 Å². The lowest BCUT2D eigenvalue weighted by Gasteiger charge is -2.26. The molecule has 0 N–H and O–H groups in total. The van der Waals surface area contributed by atoms with E-state index in [-0.39, 0.29) is 0 Å². The molecule has 0 unspecified atom stereocenters. The smallest absolute Gasteiger partial charge is 0.0555 e. The first kappa shape index (κ1) is 32.9. The molecule has 0 saturated heterocycles. The van der Waals surface area contributed by atoms with Crippen LogP contribution in [0.4, 0.5) is 17.1 Å². The molecule has 0 aliphatic carbocycles. The standard InChI is InChI=1S/C54H33N3S2/c1-2-14-34(15-3-1)55(35-28-30-45-41(32-35)37-16-4-8-20-43(37)56(45)47-22-12-26-51-53(47)39-18-6-10-24-49(39)58-51)36-29-31-46-42(33-36)38-17-5-9-21-44(38)57(46)48-23-13-27-52-54(48)40-19-7-11-25-50(40)59-52/h1-33H. The maximum Gasteiger partial charge on any atom is 0.0555 e. The first-order valence-corrected chi connectivity index (χ1v) is 21.6. The van der Waals surface area contributed by atoms with Gasteiger partial charge in [0.15, 0.2) is 0 Å². The maximum atomic E-state index is 2.47. The molecular weight excluding hydrogens is 755 g/mol. The molecule has 13 rings (SSSR count). The topological polar surface area (TPSA) is 13.1 Å². The van der Waals surface area contributed by atoms with E-state index < -0.39 is 0 Å². The van der Waals surface area contributed by atoms with Crippen LogP contribution in [0.1, 0.15) is 0 Å². The molecule has 0 aliphatic rings. The average molecular weight is 788 g/mol. The molecule has 13 aromatic rings. The van der Waals surface area contributed by atoms with E-state index in [1.54, 1.807) is 0 Å². The summed E-state index contributed by atoms with van der Waals surface area (Å²) in [6.45, 7) is 0. The second-order valence-electron chi connectivity index (χ2n) is 15.3. The van der Waals surface area contributed by atoms with Crippen LogP contribution in [0.25, 0.3) is 95.3 Å². The van der Waals surface area contributed by atoms with Gasteiger partial charge < -0.3 is 14.0 Å². The Hall–Kier alpha value is -7.18. The summed E-state index contributed by atoms with van der Waals surface area (Å²) >= 11 is 3.73. The number of fused-ring (bicyclic) bond motifs is 12. The number of para-hydroxylation sites is 3. The lowest BCUT2D eigenvalue weighted by atomic mass is 10.1. The highest BCUT2D eigenvalue weighted by atomic mass is 32.1. The van der Waals surface area contributed by atoms with Gasteiger partial charge in [-0.1, -0.05) is 103 Å². The Morgan fingerprint density at radius 3 is 1.20 bits per heavy atom. The number of thiophene rings is 2. The average Bonchev–Trinajstić information content (AvgIpc) is 4.04. The van der Waals surface area contributed by atoms with E-state index in [4.69, 9.17) is 0 Å². The Morgan fingerprint density at radius 1 is 0.288 bits per heavy atom. The fraction of sp³-hybridized carbons (Fsp3) is 0. The summed E-state index contributed by atoms with van der Waals surface area (Å²) in [5, 5.41) is 10.2. The summed E-state index contributed by atoms with van der Waals surface area (Å²) in [6, 6.07) is 73.6. The summed E-state index contributed by atoms with van der Waals surface area (Å²) in [6.07, 6.45) is 0. The van der Waals surface area contributed by atoms with Gasteiger partial charge in [0.25, 0.3) is 0 Å². The monoisotopic (exact) mass is 787 g/mol. The van der Waals surface area contributed by atoms with Crippen LogP contribution in [0, 0.1) is 0 Å². The van der Waals surface area contributed by atoms with Crippen LogP contribution in [-0.2, 0) is 0 Å². The third-order valence-corrected chi connectivity index (χ3v) is 14.4. The van der Waals surface area contributed by atoms with E-state index in [0.717, 1.165) is 17.1 Å². The van der Waals surface area contributed by atoms with Crippen molar-refractivity contribution in [2.24, 2.45) is 0 Å². The minimum atomic E-state index is 1.11. The Kier molecular flexibility index (Phi) is 7.05. The van der Waals surface area contributed by atoms with Crippen molar-refractivity contribution in [3.8, 4) is 11.4 Å². The molecule has 3 nitrogen and oxygen atoms in total. The molecule has 0 spiro atoms. The number of hydrogen-bond acceptors (Lipinski definition) is 3. The molecule has 0 aliphatic heterocycles. The molecule has 0 bridgehead atoms. The highest BCUT2D eigenvalue weighted by Gasteiger charge is 2.22. The third kappa shape index (κ3) is 4.80. The molecule has 0 amide bonds. The zero-order valence-electron chi connectivity index (χ0n) is 31.7. The Morgan fingerprint density at radius 2 is 0.695 bits per heavy atom. The van der Waals surface area contributed by atoms with Gasteiger partial charge in [-0.2, -0.15) is 0 Å². The molecule has 4 heterocycles. The second-order valence-corrected chi connectivity index (χ2v) is 17.4. The molecule has 4 aromatic heterocycles. The number of nitrogens with zero attached hydrogens (tertiary/aromatic N) is 3. The zero-order chi connectivity index (χ0) is 38.6. The Bertz CT molecular complexity index is 3580. The molecule has 9 aromatic carbocycles. The molecule has 0 radical (unpaired) electrons. The molecule has 0 saturated carbocycles. The first-order valence-electron chi connectivity index (χ1n) is 20.0. The van der Waals surface area contributed by atoms with Crippen LogP contribution in [-0.4, -0.2) is 9.13 Å². The van der Waals surface area contributed by atoms with Crippen molar-refractivity contribution >= 4 is 124 Å². The van der Waals surface area contributed by atoms with Gasteiger partial charge in [-0.3, -0.25) is 0 Å². The number of rotatable bonds is 5. The number of aromatic nitrogens is 2. The predicted molar refractivity (Wildman–Crippen MR) is 256 cm³/mol. The maximum absolute atomic E-state index is 2.47. The van der Waals surface area contributed by atoms with Crippen LogP contribution < -0.4 is 4.90 Å². The van der Waals surface area contributed by atoms with E-state index in [1.165, 1.54) is 95.3 Å². The van der Waals surface area contributed by atoms with Gasteiger partial charge in [-0.05, 0) is 97.1 Å². The molecule has 59 heavy (non-hydrogen) atoms. The fourth-order valence-corrected chi connectivity index (χ4v) is 11.9. The lowest BCUT2D eigenvalue weighted by molar-refractivity contribution is 1.20. The fourth-order valence-electron chi connectivity index (χ4n) is 9.63. The van der Waals surface area contributed by atoms with Crippen molar-refractivity contribution in [1.82, 2.24) is 9.13 Å². The van der Waals surface area contributed by atoms with Crippen LogP contribution >= 0.6 is 22.7 Å². The number of benzene rings is 9. The SMILES string of the molecule is c1ccc(N(c2ccc3c(c2)c2ccccc2n3-c2cccc3sc4ccccc4c23)c2ccc3c(c2)c2ccccc2n3-c2cccc3sc4ccccc4c23)cc1. The lowest BCUT2D eigenvalue weighted by Crippen LogP contribution is -2.09. The predicted octanol–water partition coefficient (Wildman–Crippen LogP) is 16.1. The van der Waals surface area contributed by atoms with E-state index in [1.807, 2.05) is 22.7 Å². The summed E-state index contributed by atoms with van der Waals surface area (Å²) in [5.74, 6) is 0. The van der Waals surface area contributed by atoms with E-state index in [9.17, 15) is 0 Å². The van der Waals surface area contributed by atoms with Gasteiger partial charge in [0.2, 0.25) is 0 Å². The van der Waals surface area contributed by atoms with Crippen molar-refractivity contribution in [1.29, 1.82) is 0 Å². The van der Waals surface area contributed by atoms with Crippen molar-refractivity contribution in [3.05, 3.63) is 200 Å². The van der Waals surface area contributed by atoms with Crippen molar-refractivity contribution < 1.29 is 0 Å². The van der Waals surface area contributed by atoms with Crippen molar-refractivity contribution in [2.75, 3.05) is 4.90 Å². The largest absolute Gasteiger partial charge is 0.310 e. The highest BCUT2D eigenvalue weighted by Crippen LogP contribution is 2.46. The summed E-state index contributed by atoms with van der Waals surface area (Å²) < 4.78 is 10.2. The van der Waals surface area contributed by atoms with Crippen LogP contribution in [0.2, 0.25) is 0 Å². The van der Waals surface area contributed by atoms with Crippen LogP contribution in [0.3, 0.4) is 0 Å². The zero-order valence-corrected chi connectivity index (χ0v) is 33.3. The Labute approximate surface area is 347 Å². The number of hydrogen-bond donors (Lipinski definition) is 0. The summed E-state index contributed by atoms with van der Waals surface area (Å²) in [4.78, 5) is 2.41. The van der Waals surface area contributed by atoms with Gasteiger partial charge in [0.05, 0.1) is 33.4 Å². The van der Waals surface area contributed by atoms with Crippen molar-refractivity contribution in [2.45, 2.75) is 0 Å². The third-order valence-electron chi connectivity index (χ3n) is 12.1. The molecule has 5 heteroatoms. The van der Waals surface area contributed by atoms with E-state index in [0.29, 0.717) is 0 Å². The van der Waals surface area contributed by atoms with Gasteiger partial charge in [-0.25, -0.2) is 0 Å². The first-order chi connectivity index (χ1) is 29.3. The van der Waals surface area contributed by atoms with Gasteiger partial charge in [0.1, 0.15) is 0 Å². The minimum absolute atomic E-state index is 1.11. The molecular formula is C54H33N3S2. The summed E-state index contributed by atoms with van der Waals surface area (Å²) in [5.41, 5.74) is 10.6. The van der Waals surface area contributed by atoms with Crippen molar-refractivity contribution in [3.63, 3.8) is 0 Å². The van der Waals surface area contributed by atoms with E-state index in [2.05, 4.69) is 214 Å². The quantitative estimate of drug-likeness (QED) is 0.169. The minimum Gasteiger partial charge on any atom is -0.310 e. The van der Waals surface area contributed by atoms with Gasteiger partial charge in [0, 0.05) is 79.0 Å². The Balaban J connectivity index is 1.04. The summed E-state index contributed by atoms with van der Waals surface area (Å²) in [7, 11) is 0. The second kappa shape index (κ2) is 12.7. The highest BCUT2D eigenvalue weighted by molar-refractivity contribution is 7.26. The van der Waals surface area contributed by atoms with E-state index >= 15 is 0 Å². The van der Waals surface area contributed by atoms with Crippen LogP contribution in [0.15, 0.2) is 200 Å². The molecule has 276 valence electrons.